The van der Waals surface area contributed by atoms with Gasteiger partial charge in [0.1, 0.15) is 11.3 Å². The number of rotatable bonds is 6. The fraction of sp³-hybridized carbons (Fsp3) is 0.200. The summed E-state index contributed by atoms with van der Waals surface area (Å²) in [5.74, 6) is -0.387. The molecule has 9 heteroatoms. The number of carbonyl (C=O) groups is 1. The number of sulfonamides is 1. The van der Waals surface area contributed by atoms with Gasteiger partial charge in [0.15, 0.2) is 6.10 Å². The fourth-order valence-electron chi connectivity index (χ4n) is 2.63. The van der Waals surface area contributed by atoms with Crippen LogP contribution in [0.1, 0.15) is 18.1 Å². The van der Waals surface area contributed by atoms with E-state index in [2.05, 4.69) is 5.43 Å². The highest BCUT2D eigenvalue weighted by atomic mass is 32.2. The fourth-order valence-corrected chi connectivity index (χ4v) is 3.48. The molecule has 1 amide bonds. The van der Waals surface area contributed by atoms with E-state index in [1.807, 2.05) is 11.8 Å². The van der Waals surface area contributed by atoms with Gasteiger partial charge in [0.2, 0.25) is 0 Å². The van der Waals surface area contributed by atoms with Crippen LogP contribution in [0.15, 0.2) is 62.6 Å². The first-order valence-electron chi connectivity index (χ1n) is 8.75. The lowest BCUT2D eigenvalue weighted by molar-refractivity contribution is -0.127. The third-order valence-corrected chi connectivity index (χ3v) is 5.51. The first-order valence-corrected chi connectivity index (χ1v) is 10.2. The Hall–Kier alpha value is -3.17. The maximum absolute atomic E-state index is 12.2. The van der Waals surface area contributed by atoms with Crippen LogP contribution in [-0.4, -0.2) is 20.4 Å². The normalized spacial score (nSPS) is 12.5. The molecule has 0 fully saturated rings. The number of fused-ring (bicyclic) bond motifs is 1. The molecule has 2 aromatic carbocycles. The molecule has 3 aromatic rings. The summed E-state index contributed by atoms with van der Waals surface area (Å²) in [7, 11) is -3.90. The molecule has 1 aromatic heterocycles. The first-order chi connectivity index (χ1) is 13.7. The first kappa shape index (κ1) is 20.6. The largest absolute Gasteiger partial charge is 0.481 e. The molecular formula is C20H20N2O6S. The molecule has 0 saturated heterocycles. The summed E-state index contributed by atoms with van der Waals surface area (Å²) in [6.45, 7) is 5.09. The Morgan fingerprint density at radius 2 is 1.76 bits per heavy atom. The average molecular weight is 416 g/mol. The van der Waals surface area contributed by atoms with Gasteiger partial charge in [0.25, 0.3) is 15.9 Å². The van der Waals surface area contributed by atoms with E-state index in [0.29, 0.717) is 11.3 Å². The number of benzene rings is 2. The van der Waals surface area contributed by atoms with Gasteiger partial charge >= 0.3 is 5.63 Å². The third-order valence-electron chi connectivity index (χ3n) is 4.24. The number of hydrazine groups is 1. The van der Waals surface area contributed by atoms with E-state index in [0.717, 1.165) is 16.5 Å². The second kappa shape index (κ2) is 8.06. The van der Waals surface area contributed by atoms with Crippen LogP contribution in [0.5, 0.6) is 5.75 Å². The molecule has 0 radical (unpaired) electrons. The lowest BCUT2D eigenvalue weighted by Gasteiger charge is -2.15. The zero-order valence-electron chi connectivity index (χ0n) is 16.1. The van der Waals surface area contributed by atoms with Crippen molar-refractivity contribution >= 4 is 26.9 Å². The second-order valence-electron chi connectivity index (χ2n) is 6.57. The zero-order chi connectivity index (χ0) is 21.2. The van der Waals surface area contributed by atoms with Gasteiger partial charge < -0.3 is 9.15 Å². The molecule has 0 spiro atoms. The Balaban J connectivity index is 1.67. The number of ether oxygens (including phenoxy) is 1. The van der Waals surface area contributed by atoms with Crippen molar-refractivity contribution in [1.29, 1.82) is 0 Å². The Bertz CT molecular complexity index is 1220. The monoisotopic (exact) mass is 416 g/mol. The van der Waals surface area contributed by atoms with Gasteiger partial charge in [-0.3, -0.25) is 10.2 Å². The van der Waals surface area contributed by atoms with E-state index in [1.54, 1.807) is 31.2 Å². The van der Waals surface area contributed by atoms with Crippen LogP contribution in [0, 0.1) is 13.8 Å². The number of hydrogen-bond donors (Lipinski definition) is 2. The van der Waals surface area contributed by atoms with Gasteiger partial charge in [0, 0.05) is 17.5 Å². The van der Waals surface area contributed by atoms with Crippen molar-refractivity contribution < 1.29 is 22.4 Å². The summed E-state index contributed by atoms with van der Waals surface area (Å²) in [5, 5.41) is 0.750. The van der Waals surface area contributed by atoms with E-state index in [4.69, 9.17) is 9.15 Å². The molecule has 2 N–H and O–H groups in total. The zero-order valence-corrected chi connectivity index (χ0v) is 16.9. The molecule has 0 aliphatic heterocycles. The van der Waals surface area contributed by atoms with E-state index >= 15 is 0 Å². The number of aryl methyl sites for hydroxylation is 2. The van der Waals surface area contributed by atoms with Crippen LogP contribution in [0.25, 0.3) is 11.0 Å². The average Bonchev–Trinajstić information content (AvgIpc) is 2.66. The molecule has 0 bridgehead atoms. The Morgan fingerprint density at radius 3 is 2.45 bits per heavy atom. The molecule has 0 aliphatic rings. The molecule has 0 unspecified atom stereocenters. The minimum atomic E-state index is -3.90. The van der Waals surface area contributed by atoms with Crippen molar-refractivity contribution in [3.63, 3.8) is 0 Å². The van der Waals surface area contributed by atoms with Crippen molar-refractivity contribution in [2.75, 3.05) is 0 Å². The molecule has 1 heterocycles. The van der Waals surface area contributed by atoms with E-state index in [9.17, 15) is 18.0 Å². The lowest BCUT2D eigenvalue weighted by Crippen LogP contribution is -2.47. The minimum Gasteiger partial charge on any atom is -0.481 e. The summed E-state index contributed by atoms with van der Waals surface area (Å²) in [5.41, 5.74) is 3.66. The number of nitrogens with one attached hydrogen (secondary N) is 2. The van der Waals surface area contributed by atoms with Crippen LogP contribution in [0.2, 0.25) is 0 Å². The molecule has 1 atom stereocenters. The molecule has 8 nitrogen and oxygen atoms in total. The van der Waals surface area contributed by atoms with Crippen LogP contribution in [0.4, 0.5) is 0 Å². The van der Waals surface area contributed by atoms with Gasteiger partial charge in [-0.05, 0) is 50.6 Å². The quantitative estimate of drug-likeness (QED) is 0.470. The summed E-state index contributed by atoms with van der Waals surface area (Å²) in [6.07, 6.45) is -1.01. The highest BCUT2D eigenvalue weighted by molar-refractivity contribution is 7.89. The van der Waals surface area contributed by atoms with Crippen LogP contribution >= 0.6 is 0 Å². The maximum atomic E-state index is 12.2. The molecule has 152 valence electrons. The van der Waals surface area contributed by atoms with Crippen molar-refractivity contribution in [2.24, 2.45) is 0 Å². The van der Waals surface area contributed by atoms with Crippen molar-refractivity contribution in [1.82, 2.24) is 10.3 Å². The molecule has 0 saturated carbocycles. The van der Waals surface area contributed by atoms with Gasteiger partial charge in [0.05, 0.1) is 4.90 Å². The predicted octanol–water partition coefficient (Wildman–Crippen LogP) is 2.19. The van der Waals surface area contributed by atoms with Crippen molar-refractivity contribution in [2.45, 2.75) is 31.8 Å². The summed E-state index contributed by atoms with van der Waals surface area (Å²) < 4.78 is 35.1. The SMILES string of the molecule is Cc1ccc(S(=O)(=O)NNC(=O)[C@H](C)Oc2ccc3c(C)cc(=O)oc3c2)cc1. The highest BCUT2D eigenvalue weighted by Crippen LogP contribution is 2.23. The van der Waals surface area contributed by atoms with Gasteiger partial charge in [-0.1, -0.05) is 17.7 Å². The number of amides is 1. The summed E-state index contributed by atoms with van der Waals surface area (Å²) in [4.78, 5) is 25.8. The second-order valence-corrected chi connectivity index (χ2v) is 8.26. The minimum absolute atomic E-state index is 0.0249. The molecule has 0 aliphatic carbocycles. The van der Waals surface area contributed by atoms with E-state index < -0.39 is 27.7 Å². The van der Waals surface area contributed by atoms with Crippen LogP contribution < -0.4 is 20.6 Å². The molecule has 29 heavy (non-hydrogen) atoms. The van der Waals surface area contributed by atoms with Gasteiger partial charge in [-0.15, -0.1) is 4.83 Å². The number of hydrogen-bond acceptors (Lipinski definition) is 6. The lowest BCUT2D eigenvalue weighted by atomic mass is 10.1. The maximum Gasteiger partial charge on any atom is 0.336 e. The Labute approximate surface area is 167 Å². The topological polar surface area (TPSA) is 115 Å². The van der Waals surface area contributed by atoms with Gasteiger partial charge in [-0.2, -0.15) is 0 Å². The summed E-state index contributed by atoms with van der Waals surface area (Å²) in [6, 6.07) is 12.4. The van der Waals surface area contributed by atoms with Crippen LogP contribution in [0.3, 0.4) is 0 Å². The van der Waals surface area contributed by atoms with Crippen molar-refractivity contribution in [3.8, 4) is 5.75 Å². The van der Waals surface area contributed by atoms with Crippen molar-refractivity contribution in [3.05, 3.63) is 70.1 Å². The number of carbonyl (C=O) groups excluding carboxylic acids is 1. The molecular weight excluding hydrogens is 396 g/mol. The Morgan fingerprint density at radius 1 is 1.07 bits per heavy atom. The Kier molecular flexibility index (Phi) is 5.71. The van der Waals surface area contributed by atoms with Crippen LogP contribution in [-0.2, 0) is 14.8 Å². The van der Waals surface area contributed by atoms with E-state index in [-0.39, 0.29) is 4.90 Å². The summed E-state index contributed by atoms with van der Waals surface area (Å²) >= 11 is 0. The standard InChI is InChI=1S/C20H20N2O6S/c1-12-4-7-16(8-5-12)29(25,26)22-21-20(24)14(3)27-15-6-9-17-13(2)10-19(23)28-18(17)11-15/h4-11,14,22H,1-3H3,(H,21,24)/t14-/m0/s1. The highest BCUT2D eigenvalue weighted by Gasteiger charge is 2.19. The molecule has 3 rings (SSSR count). The van der Waals surface area contributed by atoms with Gasteiger partial charge in [-0.25, -0.2) is 13.2 Å². The third kappa shape index (κ3) is 4.82. The predicted molar refractivity (Wildman–Crippen MR) is 107 cm³/mol. The van der Waals surface area contributed by atoms with E-state index in [1.165, 1.54) is 31.2 Å². The smallest absolute Gasteiger partial charge is 0.336 e.